The molecule has 1 aliphatic carbocycles. The van der Waals surface area contributed by atoms with Gasteiger partial charge in [-0.1, -0.05) is 22.9 Å². The minimum Gasteiger partial charge on any atom is -0.359 e. The van der Waals surface area contributed by atoms with Crippen LogP contribution in [0.1, 0.15) is 30.6 Å². The van der Waals surface area contributed by atoms with Gasteiger partial charge in [-0.2, -0.15) is 5.26 Å². The van der Waals surface area contributed by atoms with E-state index >= 15 is 0 Å². The van der Waals surface area contributed by atoms with Crippen LogP contribution in [0, 0.1) is 11.3 Å². The molecule has 6 heteroatoms. The average molecular weight is 257 g/mol. The second-order valence-corrected chi connectivity index (χ2v) is 5.36. The molecule has 3 N–H and O–H groups in total. The number of thiazole rings is 1. The molecule has 0 spiro atoms. The predicted octanol–water partition coefficient (Wildman–Crippen LogP) is 2.35. The number of aromatic nitrogens is 1. The first-order chi connectivity index (χ1) is 7.69. The smallest absolute Gasteiger partial charge is 0.185 e. The van der Waals surface area contributed by atoms with E-state index in [2.05, 4.69) is 10.3 Å². The molecule has 16 heavy (non-hydrogen) atoms. The van der Waals surface area contributed by atoms with Gasteiger partial charge in [-0.05, 0) is 25.7 Å². The van der Waals surface area contributed by atoms with Crippen LogP contribution in [0.4, 0.5) is 5.13 Å². The molecule has 1 aromatic heterocycles. The molecule has 0 amide bonds. The highest BCUT2D eigenvalue weighted by Crippen LogP contribution is 2.28. The molecule has 4 nitrogen and oxygen atoms in total. The van der Waals surface area contributed by atoms with Crippen molar-refractivity contribution >= 4 is 28.1 Å². The van der Waals surface area contributed by atoms with Gasteiger partial charge < -0.3 is 11.1 Å². The van der Waals surface area contributed by atoms with Crippen molar-refractivity contribution in [3.05, 3.63) is 10.0 Å². The number of hydrogen-bond acceptors (Lipinski definition) is 5. The first-order valence-corrected chi connectivity index (χ1v) is 6.47. The normalized spacial score (nSPS) is 25.1. The topological polar surface area (TPSA) is 74.7 Å². The lowest BCUT2D eigenvalue weighted by atomic mass is 9.92. The fourth-order valence-electron chi connectivity index (χ4n) is 1.87. The van der Waals surface area contributed by atoms with E-state index in [4.69, 9.17) is 22.6 Å². The molecule has 0 saturated heterocycles. The summed E-state index contributed by atoms with van der Waals surface area (Å²) in [6.07, 6.45) is 4.20. The maximum atomic E-state index is 8.76. The Labute approximate surface area is 103 Å². The van der Waals surface area contributed by atoms with E-state index in [1.165, 1.54) is 11.3 Å². The second-order valence-electron chi connectivity index (χ2n) is 4.01. The number of anilines is 1. The minimum atomic E-state index is 0.294. The Hall–Kier alpha value is -0.830. The first kappa shape index (κ1) is 11.6. The van der Waals surface area contributed by atoms with Crippen LogP contribution in [-0.2, 0) is 0 Å². The van der Waals surface area contributed by atoms with Gasteiger partial charge in [0.25, 0.3) is 0 Å². The number of nitrogens with zero attached hydrogens (tertiary/aromatic N) is 2. The molecular weight excluding hydrogens is 244 g/mol. The fraction of sp³-hybridized carbons (Fsp3) is 0.600. The molecule has 86 valence electrons. The lowest BCUT2D eigenvalue weighted by Crippen LogP contribution is -2.32. The number of nitrogens with two attached hydrogens (primary N) is 1. The molecule has 1 saturated carbocycles. The van der Waals surface area contributed by atoms with E-state index in [1.807, 2.05) is 6.07 Å². The number of nitriles is 1. The molecule has 0 aromatic carbocycles. The van der Waals surface area contributed by atoms with Crippen molar-refractivity contribution in [2.24, 2.45) is 5.73 Å². The van der Waals surface area contributed by atoms with Crippen molar-refractivity contribution in [2.75, 3.05) is 5.32 Å². The van der Waals surface area contributed by atoms with Crippen molar-refractivity contribution in [2.45, 2.75) is 37.8 Å². The van der Waals surface area contributed by atoms with Crippen LogP contribution in [0.3, 0.4) is 0 Å². The maximum absolute atomic E-state index is 8.76. The van der Waals surface area contributed by atoms with Crippen molar-refractivity contribution in [1.82, 2.24) is 4.98 Å². The monoisotopic (exact) mass is 256 g/mol. The summed E-state index contributed by atoms with van der Waals surface area (Å²) >= 11 is 7.11. The van der Waals surface area contributed by atoms with Crippen molar-refractivity contribution < 1.29 is 0 Å². The third kappa shape index (κ3) is 2.64. The second kappa shape index (κ2) is 5.00. The zero-order chi connectivity index (χ0) is 11.5. The van der Waals surface area contributed by atoms with E-state index in [1.54, 1.807) is 0 Å². The fourth-order valence-corrected chi connectivity index (χ4v) is 2.89. The molecule has 1 heterocycles. The molecule has 1 aromatic rings. The van der Waals surface area contributed by atoms with Gasteiger partial charge in [0.05, 0.1) is 0 Å². The van der Waals surface area contributed by atoms with E-state index < -0.39 is 0 Å². The summed E-state index contributed by atoms with van der Waals surface area (Å²) in [5, 5.41) is 13.1. The molecule has 1 aliphatic rings. The van der Waals surface area contributed by atoms with Crippen LogP contribution in [0.15, 0.2) is 0 Å². The number of nitrogens with one attached hydrogen (secondary N) is 1. The van der Waals surface area contributed by atoms with Crippen LogP contribution in [0.2, 0.25) is 5.15 Å². The third-order valence-corrected chi connectivity index (χ3v) is 4.06. The Bertz CT molecular complexity index is 403. The molecule has 0 atom stereocenters. The summed E-state index contributed by atoms with van der Waals surface area (Å²) in [5.74, 6) is 0. The molecule has 1 fully saturated rings. The molecule has 0 aliphatic heterocycles. The highest BCUT2D eigenvalue weighted by Gasteiger charge is 2.19. The van der Waals surface area contributed by atoms with Crippen LogP contribution < -0.4 is 11.1 Å². The standard InChI is InChI=1S/C10H13ClN4S/c11-9-8(5-12)16-10(15-9)14-7-3-1-6(13)2-4-7/h6-7H,1-4,13H2,(H,14,15). The van der Waals surface area contributed by atoms with Gasteiger partial charge >= 0.3 is 0 Å². The predicted molar refractivity (Wildman–Crippen MR) is 65.7 cm³/mol. The number of hydrogen-bond donors (Lipinski definition) is 2. The Balaban J connectivity index is 1.96. The highest BCUT2D eigenvalue weighted by atomic mass is 35.5. The van der Waals surface area contributed by atoms with E-state index in [0.717, 1.165) is 30.8 Å². The Morgan fingerprint density at radius 2 is 2.12 bits per heavy atom. The first-order valence-electron chi connectivity index (χ1n) is 5.27. The van der Waals surface area contributed by atoms with Crippen molar-refractivity contribution in [3.8, 4) is 6.07 Å². The Kier molecular flexibility index (Phi) is 3.64. The zero-order valence-corrected chi connectivity index (χ0v) is 10.3. The van der Waals surface area contributed by atoms with Crippen LogP contribution in [-0.4, -0.2) is 17.1 Å². The zero-order valence-electron chi connectivity index (χ0n) is 8.74. The molecule has 2 rings (SSSR count). The van der Waals surface area contributed by atoms with Crippen molar-refractivity contribution in [3.63, 3.8) is 0 Å². The third-order valence-electron chi connectivity index (χ3n) is 2.79. The quantitative estimate of drug-likeness (QED) is 0.852. The summed E-state index contributed by atoms with van der Waals surface area (Å²) in [4.78, 5) is 4.58. The maximum Gasteiger partial charge on any atom is 0.185 e. The largest absolute Gasteiger partial charge is 0.359 e. The average Bonchev–Trinajstić information content (AvgIpc) is 2.62. The lowest BCUT2D eigenvalue weighted by molar-refractivity contribution is 0.411. The summed E-state index contributed by atoms with van der Waals surface area (Å²) in [5.41, 5.74) is 5.84. The summed E-state index contributed by atoms with van der Waals surface area (Å²) in [7, 11) is 0. The summed E-state index contributed by atoms with van der Waals surface area (Å²) < 4.78 is 0. The van der Waals surface area contributed by atoms with Crippen LogP contribution >= 0.6 is 22.9 Å². The van der Waals surface area contributed by atoms with Gasteiger partial charge in [-0.25, -0.2) is 4.98 Å². The minimum absolute atomic E-state index is 0.294. The van der Waals surface area contributed by atoms with E-state index in [9.17, 15) is 0 Å². The number of halogens is 1. The van der Waals surface area contributed by atoms with E-state index in [0.29, 0.717) is 22.1 Å². The van der Waals surface area contributed by atoms with Gasteiger partial charge in [0, 0.05) is 12.1 Å². The molecule has 0 unspecified atom stereocenters. The Morgan fingerprint density at radius 1 is 1.44 bits per heavy atom. The lowest BCUT2D eigenvalue weighted by Gasteiger charge is -2.26. The molecular formula is C10H13ClN4S. The van der Waals surface area contributed by atoms with Crippen molar-refractivity contribution in [1.29, 1.82) is 5.26 Å². The van der Waals surface area contributed by atoms with Gasteiger partial charge in [0.15, 0.2) is 10.3 Å². The van der Waals surface area contributed by atoms with E-state index in [-0.39, 0.29) is 0 Å². The van der Waals surface area contributed by atoms with Gasteiger partial charge in [0.1, 0.15) is 10.9 Å². The molecule has 0 radical (unpaired) electrons. The highest BCUT2D eigenvalue weighted by molar-refractivity contribution is 7.16. The van der Waals surface area contributed by atoms with Crippen LogP contribution in [0.5, 0.6) is 0 Å². The van der Waals surface area contributed by atoms with Gasteiger partial charge in [-0.15, -0.1) is 0 Å². The Morgan fingerprint density at radius 3 is 2.69 bits per heavy atom. The van der Waals surface area contributed by atoms with Crippen LogP contribution in [0.25, 0.3) is 0 Å². The van der Waals surface area contributed by atoms with Gasteiger partial charge in [0.2, 0.25) is 0 Å². The summed E-state index contributed by atoms with van der Waals surface area (Å²) in [6, 6.07) is 2.78. The summed E-state index contributed by atoms with van der Waals surface area (Å²) in [6.45, 7) is 0. The van der Waals surface area contributed by atoms with Gasteiger partial charge in [-0.3, -0.25) is 0 Å². The molecule has 0 bridgehead atoms. The number of rotatable bonds is 2. The SMILES string of the molecule is N#Cc1sc(NC2CCC(N)CC2)nc1Cl.